The van der Waals surface area contributed by atoms with Gasteiger partial charge in [-0.25, -0.2) is 4.79 Å². The Kier molecular flexibility index (Phi) is 6.25. The third-order valence-electron chi connectivity index (χ3n) is 4.18. The molecule has 0 spiro atoms. The van der Waals surface area contributed by atoms with Crippen LogP contribution < -0.4 is 16.0 Å². The quantitative estimate of drug-likeness (QED) is 0.501. The van der Waals surface area contributed by atoms with Crippen molar-refractivity contribution in [1.29, 1.82) is 0 Å². The number of halogens is 2. The van der Waals surface area contributed by atoms with E-state index in [-0.39, 0.29) is 27.7 Å². The van der Waals surface area contributed by atoms with E-state index >= 15 is 0 Å². The van der Waals surface area contributed by atoms with Gasteiger partial charge in [0.25, 0.3) is 5.91 Å². The maximum atomic E-state index is 12.8. The van der Waals surface area contributed by atoms with Crippen LogP contribution in [0.2, 0.25) is 10.0 Å². The van der Waals surface area contributed by atoms with Crippen LogP contribution in [0.15, 0.2) is 42.6 Å². The number of benzene rings is 2. The zero-order valence-corrected chi connectivity index (χ0v) is 17.7. The second-order valence-corrected chi connectivity index (χ2v) is 7.64. The molecule has 3 N–H and O–H groups in total. The van der Waals surface area contributed by atoms with E-state index in [2.05, 4.69) is 20.9 Å². The van der Waals surface area contributed by atoms with Gasteiger partial charge < -0.3 is 16.0 Å². The van der Waals surface area contributed by atoms with Crippen molar-refractivity contribution in [2.24, 2.45) is 0 Å². The molecular weight excluding hydrogens is 411 g/mol. The van der Waals surface area contributed by atoms with E-state index in [0.29, 0.717) is 22.3 Å². The molecule has 0 aliphatic rings. The second-order valence-electron chi connectivity index (χ2n) is 6.82. The number of amides is 3. The molecule has 150 valence electrons. The van der Waals surface area contributed by atoms with Gasteiger partial charge in [0.15, 0.2) is 0 Å². The Morgan fingerprint density at radius 3 is 2.31 bits per heavy atom. The van der Waals surface area contributed by atoms with Crippen molar-refractivity contribution in [1.82, 2.24) is 10.3 Å². The van der Waals surface area contributed by atoms with Gasteiger partial charge >= 0.3 is 6.03 Å². The molecule has 0 atom stereocenters. The van der Waals surface area contributed by atoms with Crippen LogP contribution in [0.4, 0.5) is 16.2 Å². The highest BCUT2D eigenvalue weighted by molar-refractivity contribution is 6.40. The zero-order chi connectivity index (χ0) is 21.1. The van der Waals surface area contributed by atoms with Gasteiger partial charge in [-0.3, -0.25) is 9.78 Å². The van der Waals surface area contributed by atoms with Crippen LogP contribution in [-0.4, -0.2) is 23.0 Å². The molecule has 0 saturated carbocycles. The number of rotatable bonds is 4. The first-order valence-electron chi connectivity index (χ1n) is 8.99. The van der Waals surface area contributed by atoms with Gasteiger partial charge in [0.1, 0.15) is 0 Å². The highest BCUT2D eigenvalue weighted by atomic mass is 35.5. The van der Waals surface area contributed by atoms with Crippen LogP contribution in [0.25, 0.3) is 10.9 Å². The lowest BCUT2D eigenvalue weighted by atomic mass is 10.1. The number of para-hydroxylation sites is 1. The summed E-state index contributed by atoms with van der Waals surface area (Å²) in [6.07, 6.45) is 1.64. The molecule has 0 radical (unpaired) electrons. The van der Waals surface area contributed by atoms with Crippen LogP contribution in [0.1, 0.15) is 29.8 Å². The molecule has 0 unspecified atom stereocenters. The number of urea groups is 1. The van der Waals surface area contributed by atoms with Crippen molar-refractivity contribution < 1.29 is 9.59 Å². The number of hydrogen-bond acceptors (Lipinski definition) is 3. The second kappa shape index (κ2) is 8.68. The Bertz CT molecular complexity index is 1080. The topological polar surface area (TPSA) is 83.1 Å². The largest absolute Gasteiger partial charge is 0.336 e. The molecule has 1 aromatic heterocycles. The summed E-state index contributed by atoms with van der Waals surface area (Å²) in [6, 6.07) is 9.89. The van der Waals surface area contributed by atoms with E-state index in [1.54, 1.807) is 36.5 Å². The molecule has 3 amide bonds. The molecule has 0 fully saturated rings. The minimum Gasteiger partial charge on any atom is -0.336 e. The lowest BCUT2D eigenvalue weighted by Gasteiger charge is -2.16. The van der Waals surface area contributed by atoms with Crippen LogP contribution in [0.3, 0.4) is 0 Å². The van der Waals surface area contributed by atoms with Crippen molar-refractivity contribution in [3.05, 3.63) is 63.8 Å². The Balaban J connectivity index is 1.99. The number of nitrogens with zero attached hydrogens (tertiary/aromatic N) is 1. The van der Waals surface area contributed by atoms with E-state index in [1.807, 2.05) is 26.8 Å². The highest BCUT2D eigenvalue weighted by Crippen LogP contribution is 2.31. The molecule has 0 saturated heterocycles. The number of pyridine rings is 1. The fourth-order valence-electron chi connectivity index (χ4n) is 2.90. The van der Waals surface area contributed by atoms with Gasteiger partial charge in [0.2, 0.25) is 0 Å². The van der Waals surface area contributed by atoms with Gasteiger partial charge in [-0.1, -0.05) is 41.4 Å². The number of hydrogen-bond donors (Lipinski definition) is 3. The lowest BCUT2D eigenvalue weighted by Crippen LogP contribution is -2.34. The van der Waals surface area contributed by atoms with E-state index < -0.39 is 5.91 Å². The predicted molar refractivity (Wildman–Crippen MR) is 118 cm³/mol. The lowest BCUT2D eigenvalue weighted by molar-refractivity contribution is 0.102. The maximum Gasteiger partial charge on any atom is 0.319 e. The summed E-state index contributed by atoms with van der Waals surface area (Å²) in [5.41, 5.74) is 2.63. The third kappa shape index (κ3) is 4.60. The molecular formula is C21H20Cl2N4O2. The number of aromatic nitrogens is 1. The molecule has 8 heteroatoms. The first kappa shape index (κ1) is 20.9. The van der Waals surface area contributed by atoms with Crippen molar-refractivity contribution in [2.45, 2.75) is 26.8 Å². The van der Waals surface area contributed by atoms with E-state index in [9.17, 15) is 9.59 Å². The molecule has 3 rings (SSSR count). The Morgan fingerprint density at radius 1 is 1.00 bits per heavy atom. The Morgan fingerprint density at radius 2 is 1.66 bits per heavy atom. The average Bonchev–Trinajstić information content (AvgIpc) is 2.63. The summed E-state index contributed by atoms with van der Waals surface area (Å²) in [7, 11) is 0. The first-order chi connectivity index (χ1) is 13.8. The van der Waals surface area contributed by atoms with Crippen molar-refractivity contribution in [3.8, 4) is 0 Å². The SMILES string of the molecule is Cc1cnc2c(NC(=O)c3c(Cl)cccc3Cl)cccc2c1NC(=O)NC(C)C. The summed E-state index contributed by atoms with van der Waals surface area (Å²) < 4.78 is 0. The molecule has 0 aliphatic carbocycles. The van der Waals surface area contributed by atoms with Crippen LogP contribution in [0.5, 0.6) is 0 Å². The molecule has 1 heterocycles. The van der Waals surface area contributed by atoms with Crippen molar-refractivity contribution in [3.63, 3.8) is 0 Å². The number of anilines is 2. The molecule has 6 nitrogen and oxygen atoms in total. The number of nitrogens with one attached hydrogen (secondary N) is 3. The summed E-state index contributed by atoms with van der Waals surface area (Å²) in [5, 5.41) is 9.69. The third-order valence-corrected chi connectivity index (χ3v) is 4.81. The fraction of sp³-hybridized carbons (Fsp3) is 0.190. The zero-order valence-electron chi connectivity index (χ0n) is 16.1. The van der Waals surface area contributed by atoms with Gasteiger partial charge in [0, 0.05) is 17.6 Å². The Labute approximate surface area is 178 Å². The molecule has 0 bridgehead atoms. The highest BCUT2D eigenvalue weighted by Gasteiger charge is 2.17. The van der Waals surface area contributed by atoms with Crippen LogP contribution in [0, 0.1) is 6.92 Å². The average molecular weight is 431 g/mol. The minimum absolute atomic E-state index is 0.00127. The molecule has 29 heavy (non-hydrogen) atoms. The van der Waals surface area contributed by atoms with E-state index in [1.165, 1.54) is 0 Å². The van der Waals surface area contributed by atoms with Crippen LogP contribution >= 0.6 is 23.2 Å². The summed E-state index contributed by atoms with van der Waals surface area (Å²) in [6.45, 7) is 5.61. The predicted octanol–water partition coefficient (Wildman–Crippen LogP) is 5.63. The van der Waals surface area contributed by atoms with E-state index in [0.717, 1.165) is 5.56 Å². The standard InChI is InChI=1S/C21H20Cl2N4O2/c1-11(2)25-21(29)27-18-12(3)10-24-19-13(18)6-4-9-16(19)26-20(28)17-14(22)7-5-8-15(17)23/h4-11H,1-3H3,(H,26,28)(H2,24,25,27,29). The molecule has 2 aromatic carbocycles. The minimum atomic E-state index is -0.442. The number of carbonyl (C=O) groups is 2. The normalized spacial score (nSPS) is 10.8. The fourth-order valence-corrected chi connectivity index (χ4v) is 3.47. The summed E-state index contributed by atoms with van der Waals surface area (Å²) in [5.74, 6) is -0.442. The maximum absolute atomic E-state index is 12.8. The summed E-state index contributed by atoms with van der Waals surface area (Å²) >= 11 is 12.3. The van der Waals surface area contributed by atoms with Crippen LogP contribution in [-0.2, 0) is 0 Å². The van der Waals surface area contributed by atoms with Crippen molar-refractivity contribution >= 4 is 57.4 Å². The van der Waals surface area contributed by atoms with Gasteiger partial charge in [-0.2, -0.15) is 0 Å². The first-order valence-corrected chi connectivity index (χ1v) is 9.74. The number of fused-ring (bicyclic) bond motifs is 1. The number of aryl methyl sites for hydroxylation is 1. The van der Waals surface area contributed by atoms with Gasteiger partial charge in [-0.05, 0) is 44.5 Å². The monoisotopic (exact) mass is 430 g/mol. The number of carbonyl (C=O) groups excluding carboxylic acids is 2. The smallest absolute Gasteiger partial charge is 0.319 e. The summed E-state index contributed by atoms with van der Waals surface area (Å²) in [4.78, 5) is 29.4. The van der Waals surface area contributed by atoms with E-state index in [4.69, 9.17) is 23.2 Å². The van der Waals surface area contributed by atoms with Gasteiger partial charge in [-0.15, -0.1) is 0 Å². The molecule has 0 aliphatic heterocycles. The molecule has 3 aromatic rings. The van der Waals surface area contributed by atoms with Gasteiger partial charge in [0.05, 0.1) is 32.5 Å². The Hall–Kier alpha value is -2.83. The van der Waals surface area contributed by atoms with Crippen molar-refractivity contribution in [2.75, 3.05) is 10.6 Å².